The highest BCUT2D eigenvalue weighted by atomic mass is 16.5. The van der Waals surface area contributed by atoms with Gasteiger partial charge in [0, 0.05) is 44.1 Å². The Balaban J connectivity index is 1.43. The zero-order valence-corrected chi connectivity index (χ0v) is 19.0. The van der Waals surface area contributed by atoms with Gasteiger partial charge in [-0.15, -0.1) is 0 Å². The predicted octanol–water partition coefficient (Wildman–Crippen LogP) is 0.266. The van der Waals surface area contributed by atoms with Crippen molar-refractivity contribution in [2.45, 2.75) is 37.4 Å². The molecule has 0 unspecified atom stereocenters. The van der Waals surface area contributed by atoms with Gasteiger partial charge < -0.3 is 35.4 Å². The molecule has 4 atom stereocenters. The van der Waals surface area contributed by atoms with Crippen molar-refractivity contribution in [1.29, 1.82) is 5.26 Å². The number of benzene rings is 2. The summed E-state index contributed by atoms with van der Waals surface area (Å²) in [5.41, 5.74) is 4.46. The van der Waals surface area contributed by atoms with E-state index in [9.17, 15) is 25.7 Å². The number of nitriles is 1. The molecule has 2 heterocycles. The summed E-state index contributed by atoms with van der Waals surface area (Å²) in [4.78, 5) is 4.01. The average Bonchev–Trinajstić information content (AvgIpc) is 2.87. The number of ether oxygens (including phenoxy) is 1. The Hall–Kier alpha value is -2.71. The summed E-state index contributed by atoms with van der Waals surface area (Å²) in [6.45, 7) is 3.76. The van der Waals surface area contributed by atoms with Crippen molar-refractivity contribution in [2.75, 3.05) is 49.7 Å². The first kappa shape index (κ1) is 24.4. The molecule has 2 saturated heterocycles. The van der Waals surface area contributed by atoms with Crippen LogP contribution in [0, 0.1) is 11.3 Å². The smallest absolute Gasteiger partial charge is 0.109 e. The van der Waals surface area contributed by atoms with Crippen LogP contribution < -0.4 is 10.2 Å². The van der Waals surface area contributed by atoms with Gasteiger partial charge in [-0.1, -0.05) is 24.3 Å². The van der Waals surface area contributed by atoms with Crippen molar-refractivity contribution < 1.29 is 25.2 Å². The first-order valence-electron chi connectivity index (χ1n) is 11.6. The number of aliphatic hydroxyl groups is 4. The average molecular weight is 469 g/mol. The zero-order valence-electron chi connectivity index (χ0n) is 19.0. The molecule has 9 nitrogen and oxygen atoms in total. The summed E-state index contributed by atoms with van der Waals surface area (Å²) in [7, 11) is 0. The molecule has 2 aromatic rings. The molecule has 0 aromatic heterocycles. The Morgan fingerprint density at radius 2 is 1.79 bits per heavy atom. The highest BCUT2D eigenvalue weighted by Crippen LogP contribution is 2.25. The Morgan fingerprint density at radius 1 is 1.03 bits per heavy atom. The van der Waals surface area contributed by atoms with Crippen LogP contribution in [0.3, 0.4) is 0 Å². The molecule has 182 valence electrons. The molecule has 4 rings (SSSR count). The van der Waals surface area contributed by atoms with Crippen LogP contribution in [-0.4, -0.2) is 89.1 Å². The molecule has 2 fully saturated rings. The van der Waals surface area contributed by atoms with Gasteiger partial charge in [0.05, 0.1) is 43.6 Å². The van der Waals surface area contributed by atoms with Gasteiger partial charge in [0.25, 0.3) is 0 Å². The van der Waals surface area contributed by atoms with Crippen molar-refractivity contribution in [3.05, 3.63) is 59.2 Å². The van der Waals surface area contributed by atoms with Gasteiger partial charge in [-0.25, -0.2) is 0 Å². The van der Waals surface area contributed by atoms with E-state index < -0.39 is 24.4 Å². The minimum absolute atomic E-state index is 0.164. The third kappa shape index (κ3) is 5.67. The van der Waals surface area contributed by atoms with E-state index in [0.717, 1.165) is 35.6 Å². The number of β-amino-alcohol motifs (C(OH)–C–C–N with tert-alkyl or cyclic N) is 1. The van der Waals surface area contributed by atoms with E-state index in [-0.39, 0.29) is 13.2 Å². The third-order valence-corrected chi connectivity index (χ3v) is 6.51. The Labute approximate surface area is 199 Å². The summed E-state index contributed by atoms with van der Waals surface area (Å²) in [5, 5.41) is 52.8. The van der Waals surface area contributed by atoms with Crippen molar-refractivity contribution >= 4 is 11.4 Å². The van der Waals surface area contributed by atoms with Gasteiger partial charge in [0.15, 0.2) is 0 Å². The summed E-state index contributed by atoms with van der Waals surface area (Å²) in [6.07, 6.45) is -3.56. The fourth-order valence-corrected chi connectivity index (χ4v) is 4.62. The van der Waals surface area contributed by atoms with Crippen molar-refractivity contribution in [2.24, 2.45) is 0 Å². The quantitative estimate of drug-likeness (QED) is 0.388. The molecule has 9 heteroatoms. The maximum Gasteiger partial charge on any atom is 0.109 e. The second-order valence-electron chi connectivity index (χ2n) is 8.88. The van der Waals surface area contributed by atoms with E-state index in [2.05, 4.69) is 16.3 Å². The number of hydrogen-bond donors (Lipinski definition) is 5. The van der Waals surface area contributed by atoms with E-state index in [4.69, 9.17) is 4.74 Å². The number of aliphatic hydroxyl groups excluding tert-OH is 4. The standard InChI is InChI=1S/C25H32N4O5/c26-12-19-9-20(11-21(10-19)28-4-6-34-7-5-28)27-13-17-2-1-3-18(8-17)14-29-15-23(31)25(33)24(32)22(29)16-30/h1-3,8-11,22-25,27,30-33H,4-7,13-16H2/t22-,23+,24-,25-/m1/s1. The summed E-state index contributed by atoms with van der Waals surface area (Å²) in [5.74, 6) is 0. The Kier molecular flexibility index (Phi) is 8.00. The van der Waals surface area contributed by atoms with Crippen molar-refractivity contribution in [3.63, 3.8) is 0 Å². The third-order valence-electron chi connectivity index (χ3n) is 6.51. The fourth-order valence-electron chi connectivity index (χ4n) is 4.62. The molecule has 2 aliphatic rings. The van der Waals surface area contributed by atoms with Crippen molar-refractivity contribution in [3.8, 4) is 6.07 Å². The highest BCUT2D eigenvalue weighted by molar-refractivity contribution is 5.63. The van der Waals surface area contributed by atoms with E-state index in [1.54, 1.807) is 4.90 Å². The van der Waals surface area contributed by atoms with E-state index in [1.165, 1.54) is 0 Å². The monoisotopic (exact) mass is 468 g/mol. The van der Waals surface area contributed by atoms with Gasteiger partial charge >= 0.3 is 0 Å². The molecule has 0 bridgehead atoms. The number of likely N-dealkylation sites (tertiary alicyclic amines) is 1. The first-order chi connectivity index (χ1) is 16.5. The first-order valence-corrected chi connectivity index (χ1v) is 11.6. The second-order valence-corrected chi connectivity index (χ2v) is 8.88. The number of morpholine rings is 1. The van der Waals surface area contributed by atoms with Crippen LogP contribution in [0.5, 0.6) is 0 Å². The summed E-state index contributed by atoms with van der Waals surface area (Å²) in [6, 6.07) is 15.3. The minimum Gasteiger partial charge on any atom is -0.395 e. The number of rotatable bonds is 7. The van der Waals surface area contributed by atoms with Gasteiger partial charge in [0.2, 0.25) is 0 Å². The molecule has 0 aliphatic carbocycles. The second kappa shape index (κ2) is 11.1. The van der Waals surface area contributed by atoms with E-state index in [0.29, 0.717) is 31.9 Å². The van der Waals surface area contributed by atoms with Crippen LogP contribution in [0.2, 0.25) is 0 Å². The molecule has 0 amide bonds. The molecule has 34 heavy (non-hydrogen) atoms. The normalized spacial score (nSPS) is 25.7. The maximum absolute atomic E-state index is 10.2. The lowest BCUT2D eigenvalue weighted by molar-refractivity contribution is -0.147. The molecule has 0 saturated carbocycles. The number of piperidine rings is 1. The molecule has 0 radical (unpaired) electrons. The van der Waals surface area contributed by atoms with E-state index in [1.807, 2.05) is 42.5 Å². The molecular formula is C25H32N4O5. The SMILES string of the molecule is N#Cc1cc(NCc2cccc(CN3C[C@H](O)[C@@H](O)[C@H](O)[C@H]3CO)c2)cc(N2CCOCC2)c1. The van der Waals surface area contributed by atoms with Gasteiger partial charge in [-0.2, -0.15) is 5.26 Å². The molecular weight excluding hydrogens is 436 g/mol. The molecule has 2 aromatic carbocycles. The largest absolute Gasteiger partial charge is 0.395 e. The topological polar surface area (TPSA) is 132 Å². The van der Waals surface area contributed by atoms with Crippen LogP contribution in [-0.2, 0) is 17.8 Å². The predicted molar refractivity (Wildman–Crippen MR) is 127 cm³/mol. The van der Waals surface area contributed by atoms with Gasteiger partial charge in [0.1, 0.15) is 12.2 Å². The van der Waals surface area contributed by atoms with Crippen LogP contribution in [0.1, 0.15) is 16.7 Å². The number of anilines is 2. The number of nitrogens with zero attached hydrogens (tertiary/aromatic N) is 3. The van der Waals surface area contributed by atoms with Gasteiger partial charge in [-0.05, 0) is 29.3 Å². The van der Waals surface area contributed by atoms with Crippen LogP contribution in [0.25, 0.3) is 0 Å². The summed E-state index contributed by atoms with van der Waals surface area (Å²) >= 11 is 0. The van der Waals surface area contributed by atoms with Crippen LogP contribution in [0.15, 0.2) is 42.5 Å². The lowest BCUT2D eigenvalue weighted by Crippen LogP contribution is -2.62. The molecule has 5 N–H and O–H groups in total. The number of nitrogens with one attached hydrogen (secondary N) is 1. The molecule has 0 spiro atoms. The lowest BCUT2D eigenvalue weighted by Gasteiger charge is -2.43. The van der Waals surface area contributed by atoms with Crippen molar-refractivity contribution in [1.82, 2.24) is 4.90 Å². The fraction of sp³-hybridized carbons (Fsp3) is 0.480. The van der Waals surface area contributed by atoms with Crippen LogP contribution >= 0.6 is 0 Å². The molecule has 2 aliphatic heterocycles. The Morgan fingerprint density at radius 3 is 2.53 bits per heavy atom. The van der Waals surface area contributed by atoms with E-state index >= 15 is 0 Å². The summed E-state index contributed by atoms with van der Waals surface area (Å²) < 4.78 is 5.43. The number of hydrogen-bond acceptors (Lipinski definition) is 9. The van der Waals surface area contributed by atoms with Crippen LogP contribution in [0.4, 0.5) is 11.4 Å². The minimum atomic E-state index is -1.27. The zero-order chi connectivity index (χ0) is 24.1. The Bertz CT molecular complexity index is 1010. The van der Waals surface area contributed by atoms with Gasteiger partial charge in [-0.3, -0.25) is 4.90 Å². The lowest BCUT2D eigenvalue weighted by atomic mass is 9.93. The highest BCUT2D eigenvalue weighted by Gasteiger charge is 2.40. The maximum atomic E-state index is 10.2.